The van der Waals surface area contributed by atoms with Crippen molar-refractivity contribution < 1.29 is 23.8 Å². The van der Waals surface area contributed by atoms with E-state index in [0.717, 1.165) is 10.4 Å². The van der Waals surface area contributed by atoms with Gasteiger partial charge in [-0.1, -0.05) is 105 Å². The van der Waals surface area contributed by atoms with Crippen molar-refractivity contribution in [2.75, 3.05) is 12.9 Å². The number of azide groups is 1. The average molecular weight is 578 g/mol. The molecule has 1 aliphatic heterocycles. The van der Waals surface area contributed by atoms with E-state index in [0.29, 0.717) is 5.56 Å². The van der Waals surface area contributed by atoms with Crippen molar-refractivity contribution in [2.45, 2.75) is 55.6 Å². The number of carbonyl (C=O) groups excluding carboxylic acids is 1. The summed E-state index contributed by atoms with van der Waals surface area (Å²) in [6.07, 6.45) is -1.41. The van der Waals surface area contributed by atoms with E-state index in [1.807, 2.05) is 42.7 Å². The summed E-state index contributed by atoms with van der Waals surface area (Å²) in [7, 11) is -2.94. The molecule has 4 rings (SSSR count). The van der Waals surface area contributed by atoms with Crippen LogP contribution >= 0.6 is 11.8 Å². The Balaban J connectivity index is 1.74. The number of aliphatic hydroxyl groups is 1. The zero-order valence-electron chi connectivity index (χ0n) is 23.1. The Morgan fingerprint density at radius 2 is 1.52 bits per heavy atom. The van der Waals surface area contributed by atoms with Crippen LogP contribution in [0.4, 0.5) is 0 Å². The fourth-order valence-electron chi connectivity index (χ4n) is 5.30. The molecule has 0 aromatic heterocycles. The van der Waals surface area contributed by atoms with Gasteiger partial charge in [0.25, 0.3) is 8.32 Å². The predicted molar refractivity (Wildman–Crippen MR) is 160 cm³/mol. The maximum absolute atomic E-state index is 13.1. The molecule has 1 fully saturated rings. The summed E-state index contributed by atoms with van der Waals surface area (Å²) in [6.45, 7) is 6.57. The first-order valence-corrected chi connectivity index (χ1v) is 16.3. The van der Waals surface area contributed by atoms with E-state index in [2.05, 4.69) is 55.1 Å². The highest BCUT2D eigenvalue weighted by Gasteiger charge is 2.53. The summed E-state index contributed by atoms with van der Waals surface area (Å²) in [6, 6.07) is 28.0. The van der Waals surface area contributed by atoms with E-state index in [9.17, 15) is 9.90 Å². The van der Waals surface area contributed by atoms with Crippen molar-refractivity contribution in [3.8, 4) is 0 Å². The van der Waals surface area contributed by atoms with Gasteiger partial charge in [-0.3, -0.25) is 0 Å². The molecule has 3 aromatic rings. The van der Waals surface area contributed by atoms with Crippen molar-refractivity contribution >= 4 is 36.4 Å². The molecular formula is C30H35N3O5SSi. The normalized spacial score (nSPS) is 23.2. The molecule has 0 saturated carbocycles. The number of esters is 1. The molecule has 10 heteroatoms. The Morgan fingerprint density at radius 3 is 2.00 bits per heavy atom. The Kier molecular flexibility index (Phi) is 9.73. The van der Waals surface area contributed by atoms with Crippen LogP contribution in [0.25, 0.3) is 10.4 Å². The second kappa shape index (κ2) is 13.0. The molecular weight excluding hydrogens is 542 g/mol. The Labute approximate surface area is 240 Å². The average Bonchev–Trinajstić information content (AvgIpc) is 2.97. The number of thioether (sulfide) groups is 1. The first kappa shape index (κ1) is 29.9. The molecule has 0 aliphatic carbocycles. The highest BCUT2D eigenvalue weighted by Crippen LogP contribution is 2.38. The molecule has 0 radical (unpaired) electrons. The summed E-state index contributed by atoms with van der Waals surface area (Å²) < 4.78 is 19.3. The number of ether oxygens (including phenoxy) is 2. The quantitative estimate of drug-likeness (QED) is 0.127. The smallest absolute Gasteiger partial charge is 0.338 e. The Hall–Kier alpha value is -3.11. The van der Waals surface area contributed by atoms with Gasteiger partial charge in [-0.05, 0) is 39.3 Å². The minimum Gasteiger partial charge on any atom is -0.453 e. The molecule has 0 amide bonds. The summed E-state index contributed by atoms with van der Waals surface area (Å²) in [5.74, 6) is -0.606. The monoisotopic (exact) mass is 577 g/mol. The summed E-state index contributed by atoms with van der Waals surface area (Å²) in [4.78, 5) is 16.0. The molecule has 0 spiro atoms. The summed E-state index contributed by atoms with van der Waals surface area (Å²) >= 11 is 1.32. The van der Waals surface area contributed by atoms with Crippen LogP contribution in [0.1, 0.15) is 31.1 Å². The number of benzene rings is 3. The van der Waals surface area contributed by atoms with E-state index < -0.39 is 44.1 Å². The Bertz CT molecular complexity index is 1260. The van der Waals surface area contributed by atoms with Gasteiger partial charge in [-0.2, -0.15) is 0 Å². The number of hydrogen-bond acceptors (Lipinski definition) is 7. The van der Waals surface area contributed by atoms with Crippen LogP contribution in [-0.4, -0.2) is 62.0 Å². The molecule has 1 heterocycles. The molecule has 1 aliphatic rings. The van der Waals surface area contributed by atoms with E-state index in [4.69, 9.17) is 19.4 Å². The predicted octanol–water partition coefficient (Wildman–Crippen LogP) is 4.92. The standard InChI is InChI=1S/C30H35N3O5SSi/c1-30(2,3)40(22-16-10-6-11-17-22,23-18-12-7-13-19-23)36-20-24-27(38-28(35)21-14-8-5-9-15-21)26(34)25(32-33-31)29(37-24)39-4/h5-19,24-27,29,34H,20H2,1-4H3/t24?,25?,26-,27+,29+/m1/s1. The third-order valence-electron chi connectivity index (χ3n) is 7.19. The van der Waals surface area contributed by atoms with Crippen molar-refractivity contribution in [3.05, 3.63) is 107 Å². The zero-order valence-corrected chi connectivity index (χ0v) is 24.9. The largest absolute Gasteiger partial charge is 0.453 e. The van der Waals surface area contributed by atoms with Gasteiger partial charge in [0, 0.05) is 4.91 Å². The lowest BCUT2D eigenvalue weighted by Gasteiger charge is -2.46. The fourth-order valence-corrected chi connectivity index (χ4v) is 10.6. The van der Waals surface area contributed by atoms with Gasteiger partial charge in [0.05, 0.1) is 12.2 Å². The number of rotatable bonds is 9. The summed E-state index contributed by atoms with van der Waals surface area (Å²) in [5.41, 5.74) is 8.86. The highest BCUT2D eigenvalue weighted by atomic mass is 32.2. The summed E-state index contributed by atoms with van der Waals surface area (Å²) in [5, 5.41) is 17.1. The van der Waals surface area contributed by atoms with Crippen LogP contribution < -0.4 is 10.4 Å². The van der Waals surface area contributed by atoms with Gasteiger partial charge in [-0.15, -0.1) is 11.8 Å². The molecule has 1 N–H and O–H groups in total. The van der Waals surface area contributed by atoms with Crippen LogP contribution in [-0.2, 0) is 13.9 Å². The first-order valence-electron chi connectivity index (χ1n) is 13.1. The van der Waals surface area contributed by atoms with E-state index in [1.165, 1.54) is 11.8 Å². The van der Waals surface area contributed by atoms with Crippen molar-refractivity contribution in [3.63, 3.8) is 0 Å². The van der Waals surface area contributed by atoms with Gasteiger partial charge in [0.2, 0.25) is 0 Å². The van der Waals surface area contributed by atoms with E-state index >= 15 is 0 Å². The molecule has 1 saturated heterocycles. The molecule has 8 nitrogen and oxygen atoms in total. The number of nitrogens with zero attached hydrogens (tertiary/aromatic N) is 3. The third kappa shape index (κ3) is 6.12. The zero-order chi connectivity index (χ0) is 28.8. The fraction of sp³-hybridized carbons (Fsp3) is 0.367. The highest BCUT2D eigenvalue weighted by molar-refractivity contribution is 7.99. The molecule has 210 valence electrons. The number of hydrogen-bond donors (Lipinski definition) is 1. The molecule has 2 unspecified atom stereocenters. The van der Waals surface area contributed by atoms with Crippen LogP contribution in [0.5, 0.6) is 0 Å². The maximum atomic E-state index is 13.1. The minimum atomic E-state index is -2.94. The van der Waals surface area contributed by atoms with Gasteiger partial charge in [0.15, 0.2) is 6.10 Å². The van der Waals surface area contributed by atoms with Gasteiger partial charge in [0.1, 0.15) is 23.7 Å². The lowest BCUT2D eigenvalue weighted by molar-refractivity contribution is -0.166. The minimum absolute atomic E-state index is 0.0527. The van der Waals surface area contributed by atoms with Crippen molar-refractivity contribution in [2.24, 2.45) is 5.11 Å². The second-order valence-electron chi connectivity index (χ2n) is 10.7. The van der Waals surface area contributed by atoms with Crippen LogP contribution in [0.2, 0.25) is 5.04 Å². The van der Waals surface area contributed by atoms with E-state index in [-0.39, 0.29) is 11.6 Å². The van der Waals surface area contributed by atoms with Crippen LogP contribution in [0.3, 0.4) is 0 Å². The molecule has 3 aromatic carbocycles. The molecule has 40 heavy (non-hydrogen) atoms. The van der Waals surface area contributed by atoms with Crippen LogP contribution in [0, 0.1) is 0 Å². The van der Waals surface area contributed by atoms with E-state index in [1.54, 1.807) is 30.3 Å². The van der Waals surface area contributed by atoms with Gasteiger partial charge in [-0.25, -0.2) is 4.79 Å². The Morgan fingerprint density at radius 1 is 1.00 bits per heavy atom. The van der Waals surface area contributed by atoms with Crippen LogP contribution in [0.15, 0.2) is 96.1 Å². The molecule has 5 atom stereocenters. The van der Waals surface area contributed by atoms with Crippen molar-refractivity contribution in [1.29, 1.82) is 0 Å². The lowest BCUT2D eigenvalue weighted by Crippen LogP contribution is -2.68. The van der Waals surface area contributed by atoms with Crippen molar-refractivity contribution in [1.82, 2.24) is 0 Å². The molecule has 0 bridgehead atoms. The SMILES string of the molecule is CS[C@@H]1OC(CO[Si](c2ccccc2)(c2ccccc2)C(C)(C)C)[C@H](OC(=O)c2ccccc2)[C@H](O)C1N=[N+]=[N-]. The first-order chi connectivity index (χ1) is 19.2. The van der Waals surface area contributed by atoms with Gasteiger partial charge >= 0.3 is 5.97 Å². The third-order valence-corrected chi connectivity index (χ3v) is 13.1. The maximum Gasteiger partial charge on any atom is 0.338 e. The second-order valence-corrected chi connectivity index (χ2v) is 15.9. The van der Waals surface area contributed by atoms with Gasteiger partial charge < -0.3 is 19.0 Å². The number of carbonyl (C=O) groups is 1. The number of aliphatic hydroxyl groups excluding tert-OH is 1. The lowest BCUT2D eigenvalue weighted by atomic mass is 9.98. The topological polar surface area (TPSA) is 114 Å².